The summed E-state index contributed by atoms with van der Waals surface area (Å²) in [6.45, 7) is 0. The van der Waals surface area contributed by atoms with Crippen molar-refractivity contribution in [2.75, 3.05) is 4.90 Å². The van der Waals surface area contributed by atoms with Crippen LogP contribution >= 0.6 is 11.3 Å². The second kappa shape index (κ2) is 15.0. The van der Waals surface area contributed by atoms with Crippen molar-refractivity contribution < 1.29 is 0 Å². The van der Waals surface area contributed by atoms with Crippen molar-refractivity contribution >= 4 is 80.9 Å². The molecule has 0 bridgehead atoms. The van der Waals surface area contributed by atoms with Gasteiger partial charge in [-0.3, -0.25) is 0 Å². The summed E-state index contributed by atoms with van der Waals surface area (Å²) in [6, 6.07) is 86.7. The quantitative estimate of drug-likeness (QED) is 0.145. The molecule has 0 unspecified atom stereocenters. The Morgan fingerprint density at radius 3 is 1.47 bits per heavy atom. The summed E-state index contributed by atoms with van der Waals surface area (Å²) in [6.07, 6.45) is 0. The van der Waals surface area contributed by atoms with E-state index in [-0.39, 0.29) is 0 Å². The minimum absolute atomic E-state index is 1.10. The molecular formula is C60H39NS. The van der Waals surface area contributed by atoms with Crippen molar-refractivity contribution in [3.8, 4) is 44.5 Å². The van der Waals surface area contributed by atoms with Gasteiger partial charge < -0.3 is 4.90 Å². The van der Waals surface area contributed by atoms with E-state index in [1.54, 1.807) is 0 Å². The van der Waals surface area contributed by atoms with Crippen LogP contribution in [0.4, 0.5) is 17.1 Å². The third-order valence-corrected chi connectivity index (χ3v) is 13.6. The van der Waals surface area contributed by atoms with Crippen molar-refractivity contribution in [2.24, 2.45) is 0 Å². The summed E-state index contributed by atoms with van der Waals surface area (Å²) in [4.78, 5) is 2.37. The lowest BCUT2D eigenvalue weighted by molar-refractivity contribution is 1.28. The van der Waals surface area contributed by atoms with Crippen LogP contribution in [0.1, 0.15) is 0 Å². The Labute approximate surface area is 365 Å². The first-order valence-corrected chi connectivity index (χ1v) is 22.0. The van der Waals surface area contributed by atoms with Crippen LogP contribution in [0.15, 0.2) is 237 Å². The van der Waals surface area contributed by atoms with Crippen LogP contribution in [0.3, 0.4) is 0 Å². The fourth-order valence-electron chi connectivity index (χ4n) is 9.39. The molecule has 0 aliphatic rings. The maximum Gasteiger partial charge on any atom is 0.0462 e. The average molecular weight is 806 g/mol. The third-order valence-electron chi connectivity index (χ3n) is 12.5. The van der Waals surface area contributed by atoms with E-state index in [0.29, 0.717) is 0 Å². The first-order chi connectivity index (χ1) is 30.7. The van der Waals surface area contributed by atoms with Crippen LogP contribution in [0.5, 0.6) is 0 Å². The van der Waals surface area contributed by atoms with Gasteiger partial charge in [0.15, 0.2) is 0 Å². The maximum absolute atomic E-state index is 2.37. The summed E-state index contributed by atoms with van der Waals surface area (Å²) < 4.78 is 2.65. The minimum atomic E-state index is 1.10. The van der Waals surface area contributed by atoms with E-state index in [0.717, 1.165) is 17.1 Å². The predicted molar refractivity (Wildman–Crippen MR) is 268 cm³/mol. The highest BCUT2D eigenvalue weighted by atomic mass is 32.1. The van der Waals surface area contributed by atoms with Crippen LogP contribution in [-0.4, -0.2) is 0 Å². The molecule has 0 saturated carbocycles. The lowest BCUT2D eigenvalue weighted by Crippen LogP contribution is -2.09. The van der Waals surface area contributed by atoms with Crippen LogP contribution in [0, 0.1) is 0 Å². The zero-order chi connectivity index (χ0) is 41.0. The molecule has 0 saturated heterocycles. The van der Waals surface area contributed by atoms with Crippen molar-refractivity contribution in [1.82, 2.24) is 0 Å². The van der Waals surface area contributed by atoms with E-state index < -0.39 is 0 Å². The number of benzene rings is 11. The second-order valence-corrected chi connectivity index (χ2v) is 17.2. The Bertz CT molecular complexity index is 3610. The topological polar surface area (TPSA) is 3.24 Å². The maximum atomic E-state index is 2.37. The van der Waals surface area contributed by atoms with Crippen LogP contribution < -0.4 is 4.90 Å². The standard InChI is InChI=1S/C60H39NS/c1-3-16-51-42(11-1)13-10-21-52(51)46-15-9-14-44(37-46)40-23-30-48(31-24-40)61(49-32-25-41(26-33-49)45-29-36-60-58(38-45)56-20-7-8-22-59(56)62-60)50-34-27-43(28-35-50)57-39-47-12-2-4-17-53(47)54-18-5-6-19-55(54)57/h1-39H. The first-order valence-electron chi connectivity index (χ1n) is 21.2. The van der Waals surface area contributed by atoms with Crippen molar-refractivity contribution in [2.45, 2.75) is 0 Å². The van der Waals surface area contributed by atoms with Gasteiger partial charge >= 0.3 is 0 Å². The zero-order valence-electron chi connectivity index (χ0n) is 33.9. The Balaban J connectivity index is 0.931. The Morgan fingerprint density at radius 1 is 0.242 bits per heavy atom. The summed E-state index contributed by atoms with van der Waals surface area (Å²) in [7, 11) is 0. The summed E-state index contributed by atoms with van der Waals surface area (Å²) in [5, 5.41) is 10.2. The van der Waals surface area contributed by atoms with Gasteiger partial charge in [0.1, 0.15) is 0 Å². The monoisotopic (exact) mass is 805 g/mol. The van der Waals surface area contributed by atoms with E-state index in [2.05, 4.69) is 241 Å². The largest absolute Gasteiger partial charge is 0.311 e. The van der Waals surface area contributed by atoms with E-state index in [4.69, 9.17) is 0 Å². The van der Waals surface area contributed by atoms with Crippen molar-refractivity contribution in [1.29, 1.82) is 0 Å². The molecule has 0 radical (unpaired) electrons. The molecule has 0 aliphatic heterocycles. The Kier molecular flexibility index (Phi) is 8.76. The van der Waals surface area contributed by atoms with E-state index in [9.17, 15) is 0 Å². The van der Waals surface area contributed by atoms with Crippen LogP contribution in [0.2, 0.25) is 0 Å². The van der Waals surface area contributed by atoms with Crippen LogP contribution in [-0.2, 0) is 0 Å². The van der Waals surface area contributed by atoms with E-state index in [1.807, 2.05) is 11.3 Å². The molecule has 0 spiro atoms. The van der Waals surface area contributed by atoms with Crippen LogP contribution in [0.25, 0.3) is 97.0 Å². The van der Waals surface area contributed by atoms with Gasteiger partial charge in [-0.1, -0.05) is 170 Å². The van der Waals surface area contributed by atoms with Gasteiger partial charge in [-0.25, -0.2) is 0 Å². The van der Waals surface area contributed by atoms with Gasteiger partial charge in [-0.05, 0) is 144 Å². The number of hydrogen-bond donors (Lipinski definition) is 0. The summed E-state index contributed by atoms with van der Waals surface area (Å²) in [5.74, 6) is 0. The third kappa shape index (κ3) is 6.32. The molecule has 0 N–H and O–H groups in total. The zero-order valence-corrected chi connectivity index (χ0v) is 34.7. The molecular weight excluding hydrogens is 767 g/mol. The fourth-order valence-corrected chi connectivity index (χ4v) is 10.5. The highest BCUT2D eigenvalue weighted by Gasteiger charge is 2.16. The van der Waals surface area contributed by atoms with Crippen molar-refractivity contribution in [3.05, 3.63) is 237 Å². The highest BCUT2D eigenvalue weighted by molar-refractivity contribution is 7.25. The van der Waals surface area contributed by atoms with Gasteiger partial charge in [0.25, 0.3) is 0 Å². The predicted octanol–water partition coefficient (Wildman–Crippen LogP) is 17.7. The Hall–Kier alpha value is -7.78. The lowest BCUT2D eigenvalue weighted by atomic mass is 9.93. The van der Waals surface area contributed by atoms with Crippen molar-refractivity contribution in [3.63, 3.8) is 0 Å². The number of thiophene rings is 1. The SMILES string of the molecule is c1cc(-c2ccc(N(c3ccc(-c4ccc5sc6ccccc6c5c4)cc3)c3ccc(-c4cc5ccccc5c5ccccc45)cc3)cc2)cc(-c2cccc3ccccc23)c1. The molecule has 290 valence electrons. The normalized spacial score (nSPS) is 11.5. The minimum Gasteiger partial charge on any atom is -0.311 e. The molecule has 1 nitrogen and oxygen atoms in total. The summed E-state index contributed by atoms with van der Waals surface area (Å²) in [5.41, 5.74) is 13.0. The molecule has 1 aromatic heterocycles. The molecule has 0 amide bonds. The van der Waals surface area contributed by atoms with E-state index >= 15 is 0 Å². The molecule has 1 heterocycles. The lowest BCUT2D eigenvalue weighted by Gasteiger charge is -2.26. The van der Waals surface area contributed by atoms with Gasteiger partial charge in [0, 0.05) is 37.2 Å². The molecule has 0 aliphatic carbocycles. The first kappa shape index (κ1) is 36.1. The molecule has 0 fully saturated rings. The molecule has 62 heavy (non-hydrogen) atoms. The number of nitrogens with zero attached hydrogens (tertiary/aromatic N) is 1. The molecule has 12 rings (SSSR count). The molecule has 12 aromatic rings. The number of anilines is 3. The highest BCUT2D eigenvalue weighted by Crippen LogP contribution is 2.42. The number of rotatable bonds is 7. The Morgan fingerprint density at radius 2 is 0.742 bits per heavy atom. The molecule has 11 aromatic carbocycles. The molecule has 2 heteroatoms. The van der Waals surface area contributed by atoms with Gasteiger partial charge in [0.2, 0.25) is 0 Å². The summed E-state index contributed by atoms with van der Waals surface area (Å²) >= 11 is 1.86. The number of fused-ring (bicyclic) bond motifs is 7. The smallest absolute Gasteiger partial charge is 0.0462 e. The van der Waals surface area contributed by atoms with Gasteiger partial charge in [0.05, 0.1) is 0 Å². The van der Waals surface area contributed by atoms with E-state index in [1.165, 1.54) is 97.0 Å². The average Bonchev–Trinajstić information content (AvgIpc) is 3.72. The van der Waals surface area contributed by atoms with Gasteiger partial charge in [-0.15, -0.1) is 11.3 Å². The fraction of sp³-hybridized carbons (Fsp3) is 0. The second-order valence-electron chi connectivity index (χ2n) is 16.1. The number of hydrogen-bond acceptors (Lipinski definition) is 2. The molecule has 0 atom stereocenters. The van der Waals surface area contributed by atoms with Gasteiger partial charge in [-0.2, -0.15) is 0 Å².